The maximum absolute atomic E-state index is 13.0. The van der Waals surface area contributed by atoms with Gasteiger partial charge in [-0.15, -0.1) is 0 Å². The van der Waals surface area contributed by atoms with Gasteiger partial charge < -0.3 is 10.2 Å². The average Bonchev–Trinajstić information content (AvgIpc) is 3.38. The van der Waals surface area contributed by atoms with E-state index in [0.29, 0.717) is 18.0 Å². The minimum absolute atomic E-state index is 0.0202. The Hall–Kier alpha value is -2.88. The summed E-state index contributed by atoms with van der Waals surface area (Å²) in [5.74, 6) is 0.640. The van der Waals surface area contributed by atoms with Crippen LogP contribution >= 0.6 is 0 Å². The quantitative estimate of drug-likeness (QED) is 0.450. The molecule has 2 aromatic heterocycles. The van der Waals surface area contributed by atoms with Crippen LogP contribution in [0.15, 0.2) is 30.6 Å². The molecule has 7 nitrogen and oxygen atoms in total. The Morgan fingerprint density at radius 2 is 1.89 bits per heavy atom. The van der Waals surface area contributed by atoms with E-state index in [2.05, 4.69) is 20.4 Å². The van der Waals surface area contributed by atoms with Crippen molar-refractivity contribution in [2.24, 2.45) is 13.0 Å². The van der Waals surface area contributed by atoms with Crippen LogP contribution in [-0.2, 0) is 26.4 Å². The number of hydrogen-bond donors (Lipinski definition) is 1. The van der Waals surface area contributed by atoms with Gasteiger partial charge in [0.25, 0.3) is 5.91 Å². The highest BCUT2D eigenvalue weighted by Gasteiger charge is 2.27. The topological polar surface area (TPSA) is 68.0 Å². The van der Waals surface area contributed by atoms with Crippen LogP contribution in [0.25, 0.3) is 10.9 Å². The molecule has 0 atom stereocenters. The first-order chi connectivity index (χ1) is 18.2. The molecule has 1 aromatic carbocycles. The van der Waals surface area contributed by atoms with Gasteiger partial charge in [0.1, 0.15) is 0 Å². The average molecular weight is 531 g/mol. The molecule has 0 unspecified atom stereocenters. The van der Waals surface area contributed by atoms with E-state index >= 15 is 0 Å². The van der Waals surface area contributed by atoms with Crippen molar-refractivity contribution in [1.29, 1.82) is 0 Å². The lowest BCUT2D eigenvalue weighted by Crippen LogP contribution is -2.38. The van der Waals surface area contributed by atoms with Crippen LogP contribution in [0.3, 0.4) is 0 Å². The summed E-state index contributed by atoms with van der Waals surface area (Å²) >= 11 is 0. The van der Waals surface area contributed by atoms with E-state index in [1.807, 2.05) is 37.6 Å². The van der Waals surface area contributed by atoms with Crippen LogP contribution in [0.1, 0.15) is 66.6 Å². The van der Waals surface area contributed by atoms with Crippen LogP contribution in [0.5, 0.6) is 0 Å². The van der Waals surface area contributed by atoms with Crippen LogP contribution in [0.2, 0.25) is 0 Å². The first-order valence-electron chi connectivity index (χ1n) is 13.8. The molecule has 206 valence electrons. The summed E-state index contributed by atoms with van der Waals surface area (Å²) in [6, 6.07) is 5.88. The molecule has 0 spiro atoms. The second-order valence-corrected chi connectivity index (χ2v) is 10.9. The second-order valence-electron chi connectivity index (χ2n) is 10.9. The second kappa shape index (κ2) is 11.5. The maximum atomic E-state index is 13.0. The zero-order valence-electron chi connectivity index (χ0n) is 22.0. The largest absolute Gasteiger partial charge is 0.389 e. The number of benzene rings is 1. The van der Waals surface area contributed by atoms with Gasteiger partial charge in [-0.3, -0.25) is 14.2 Å². The molecule has 2 aliphatic rings. The molecular weight excluding hydrogens is 493 g/mol. The lowest BCUT2D eigenvalue weighted by atomic mass is 9.84. The Labute approximate surface area is 221 Å². The fraction of sp³-hybridized carbons (Fsp3) is 0.607. The van der Waals surface area contributed by atoms with Gasteiger partial charge in [-0.05, 0) is 75.1 Å². The molecule has 38 heavy (non-hydrogen) atoms. The monoisotopic (exact) mass is 530 g/mol. The number of alkyl halides is 3. The fourth-order valence-corrected chi connectivity index (χ4v) is 6.03. The van der Waals surface area contributed by atoms with E-state index in [4.69, 9.17) is 0 Å². The van der Waals surface area contributed by atoms with E-state index in [1.54, 1.807) is 9.36 Å². The van der Waals surface area contributed by atoms with E-state index < -0.39 is 12.6 Å². The van der Waals surface area contributed by atoms with Crippen LogP contribution in [0, 0.1) is 5.92 Å². The number of aryl methyl sites for hydroxylation is 2. The van der Waals surface area contributed by atoms with Crippen molar-refractivity contribution in [2.75, 3.05) is 19.6 Å². The summed E-state index contributed by atoms with van der Waals surface area (Å²) in [6.45, 7) is 3.25. The number of nitrogens with zero attached hydrogens (tertiary/aromatic N) is 5. The summed E-state index contributed by atoms with van der Waals surface area (Å²) < 4.78 is 41.1. The summed E-state index contributed by atoms with van der Waals surface area (Å²) in [4.78, 5) is 15.5. The van der Waals surface area contributed by atoms with Crippen molar-refractivity contribution in [3.05, 3.63) is 47.4 Å². The molecule has 5 rings (SSSR count). The van der Waals surface area contributed by atoms with Crippen molar-refractivity contribution < 1.29 is 18.0 Å². The molecule has 1 saturated carbocycles. The van der Waals surface area contributed by atoms with Crippen molar-refractivity contribution >= 4 is 16.8 Å². The van der Waals surface area contributed by atoms with E-state index in [0.717, 1.165) is 81.2 Å². The Bertz CT molecular complexity index is 1240. The molecule has 1 aliphatic carbocycles. The predicted octanol–water partition coefficient (Wildman–Crippen LogP) is 4.89. The maximum Gasteiger partial charge on any atom is 0.389 e. The number of hydrogen-bond acceptors (Lipinski definition) is 4. The van der Waals surface area contributed by atoms with E-state index in [9.17, 15) is 18.0 Å². The molecular formula is C28H37F3N6O. The zero-order valence-corrected chi connectivity index (χ0v) is 22.0. The van der Waals surface area contributed by atoms with Gasteiger partial charge in [-0.25, -0.2) is 0 Å². The third-order valence-electron chi connectivity index (χ3n) is 8.17. The summed E-state index contributed by atoms with van der Waals surface area (Å²) in [6.07, 6.45) is 6.05. The smallest absolute Gasteiger partial charge is 0.349 e. The van der Waals surface area contributed by atoms with Crippen LogP contribution in [0.4, 0.5) is 13.2 Å². The minimum Gasteiger partial charge on any atom is -0.349 e. The lowest BCUT2D eigenvalue weighted by Gasteiger charge is -2.31. The molecule has 0 radical (unpaired) electrons. The predicted molar refractivity (Wildman–Crippen MR) is 140 cm³/mol. The van der Waals surface area contributed by atoms with Gasteiger partial charge in [0.2, 0.25) is 0 Å². The number of rotatable bonds is 8. The molecule has 0 saturated heterocycles. The normalized spacial score (nSPS) is 20.8. The first-order valence-corrected chi connectivity index (χ1v) is 13.8. The summed E-state index contributed by atoms with van der Waals surface area (Å²) in [5.41, 5.74) is 3.80. The number of fused-ring (bicyclic) bond motifs is 2. The number of halogens is 3. The standard InChI is InChI=1S/C28H37F3N6O/c1-35-19-24-23(4-2-5-25(24)34-35)27(38)33-22-8-6-20(7-9-22)10-15-36-16-11-21-18-32-37(26(21)12-17-36)14-3-13-28(29,30)31/h2,4-5,18-20,22H,3,6-17H2,1H3,(H,33,38). The number of aromatic nitrogens is 4. The number of nitrogens with one attached hydrogen (secondary N) is 1. The highest BCUT2D eigenvalue weighted by atomic mass is 19.4. The van der Waals surface area contributed by atoms with Gasteiger partial charge in [0, 0.05) is 62.8 Å². The van der Waals surface area contributed by atoms with Crippen LogP contribution in [-0.4, -0.2) is 62.2 Å². The first kappa shape index (κ1) is 26.7. The van der Waals surface area contributed by atoms with Crippen LogP contribution < -0.4 is 5.32 Å². The zero-order chi connectivity index (χ0) is 26.7. The molecule has 3 heterocycles. The third kappa shape index (κ3) is 6.57. The summed E-state index contributed by atoms with van der Waals surface area (Å²) in [7, 11) is 1.86. The Balaban J connectivity index is 1.04. The molecule has 1 fully saturated rings. The van der Waals surface area contributed by atoms with Crippen molar-refractivity contribution in [3.63, 3.8) is 0 Å². The van der Waals surface area contributed by atoms with Gasteiger partial charge in [0.05, 0.1) is 17.3 Å². The van der Waals surface area contributed by atoms with Gasteiger partial charge in [-0.1, -0.05) is 6.07 Å². The highest BCUT2D eigenvalue weighted by Crippen LogP contribution is 2.28. The molecule has 1 N–H and O–H groups in total. The van der Waals surface area contributed by atoms with Crippen molar-refractivity contribution in [3.8, 4) is 0 Å². The third-order valence-corrected chi connectivity index (χ3v) is 8.17. The Kier molecular flexibility index (Phi) is 8.07. The molecule has 0 bridgehead atoms. The highest BCUT2D eigenvalue weighted by molar-refractivity contribution is 6.06. The molecule has 10 heteroatoms. The number of carbonyl (C=O) groups is 1. The Morgan fingerprint density at radius 1 is 1.11 bits per heavy atom. The molecule has 3 aromatic rings. The van der Waals surface area contributed by atoms with Crippen molar-refractivity contribution in [1.82, 2.24) is 29.8 Å². The Morgan fingerprint density at radius 3 is 2.68 bits per heavy atom. The SMILES string of the molecule is Cn1cc2c(C(=O)NC3CCC(CCN4CCc5cnn(CCCC(F)(F)F)c5CC4)CC3)cccc2n1. The lowest BCUT2D eigenvalue weighted by molar-refractivity contribution is -0.136. The number of amides is 1. The van der Waals surface area contributed by atoms with E-state index in [-0.39, 0.29) is 18.4 Å². The van der Waals surface area contributed by atoms with Gasteiger partial charge in [0.15, 0.2) is 0 Å². The molecule has 1 aliphatic heterocycles. The fourth-order valence-electron chi connectivity index (χ4n) is 6.03. The van der Waals surface area contributed by atoms with Gasteiger partial charge >= 0.3 is 6.18 Å². The van der Waals surface area contributed by atoms with E-state index in [1.165, 1.54) is 5.56 Å². The van der Waals surface area contributed by atoms with Gasteiger partial charge in [-0.2, -0.15) is 23.4 Å². The summed E-state index contributed by atoms with van der Waals surface area (Å²) in [5, 5.41) is 12.9. The molecule has 1 amide bonds. The van der Waals surface area contributed by atoms with Crippen molar-refractivity contribution in [2.45, 2.75) is 76.6 Å². The number of carbonyl (C=O) groups excluding carboxylic acids is 1. The minimum atomic E-state index is -4.11.